The van der Waals surface area contributed by atoms with Gasteiger partial charge in [-0.3, -0.25) is 14.7 Å². The zero-order valence-corrected chi connectivity index (χ0v) is 19.1. The number of hydrogen-bond donors (Lipinski definition) is 2. The largest absolute Gasteiger partial charge is 0.480 e. The van der Waals surface area contributed by atoms with E-state index < -0.39 is 29.8 Å². The van der Waals surface area contributed by atoms with Gasteiger partial charge in [0.1, 0.15) is 29.4 Å². The Hall–Kier alpha value is -3.28. The third-order valence-electron chi connectivity index (χ3n) is 5.64. The lowest BCUT2D eigenvalue weighted by molar-refractivity contribution is -0.149. The summed E-state index contributed by atoms with van der Waals surface area (Å²) in [7, 11) is 1.23. The maximum Gasteiger partial charge on any atom is 0.338 e. The number of nitrogens with zero attached hydrogens (tertiary/aromatic N) is 3. The second-order valence-corrected chi connectivity index (χ2v) is 8.12. The molecule has 2 aliphatic heterocycles. The minimum atomic E-state index is -1.05. The Labute approximate surface area is 199 Å². The van der Waals surface area contributed by atoms with Crippen LogP contribution in [0.3, 0.4) is 0 Å². The van der Waals surface area contributed by atoms with Crippen molar-refractivity contribution in [3.63, 3.8) is 0 Å². The van der Waals surface area contributed by atoms with Crippen LogP contribution in [-0.4, -0.2) is 72.2 Å². The SMILES string of the molecule is COC(=O)C1=C(CN2CCOCC2C(=O)O)NC(c2ncoc2C)=NC1c1ccc(F)cc1Cl. The molecule has 2 aromatic rings. The van der Waals surface area contributed by atoms with E-state index in [1.165, 1.54) is 25.6 Å². The van der Waals surface area contributed by atoms with Crippen LogP contribution in [0.4, 0.5) is 4.39 Å². The molecule has 2 atom stereocenters. The summed E-state index contributed by atoms with van der Waals surface area (Å²) in [6.45, 7) is 2.42. The first-order valence-corrected chi connectivity index (χ1v) is 10.7. The van der Waals surface area contributed by atoms with Crippen LogP contribution < -0.4 is 5.32 Å². The van der Waals surface area contributed by atoms with Gasteiger partial charge in [0.25, 0.3) is 0 Å². The van der Waals surface area contributed by atoms with Crippen LogP contribution in [0.2, 0.25) is 5.02 Å². The Bertz CT molecular complexity index is 1180. The fourth-order valence-corrected chi connectivity index (χ4v) is 4.20. The van der Waals surface area contributed by atoms with Crippen molar-refractivity contribution in [1.29, 1.82) is 0 Å². The molecule has 0 spiro atoms. The summed E-state index contributed by atoms with van der Waals surface area (Å²) in [6, 6.07) is 1.92. The number of esters is 1. The second-order valence-electron chi connectivity index (χ2n) is 7.71. The van der Waals surface area contributed by atoms with Crippen molar-refractivity contribution in [2.45, 2.75) is 19.0 Å². The Balaban J connectivity index is 1.85. The van der Waals surface area contributed by atoms with Gasteiger partial charge in [-0.15, -0.1) is 0 Å². The molecule has 0 saturated carbocycles. The first kappa shape index (κ1) is 23.9. The van der Waals surface area contributed by atoms with Crippen LogP contribution in [0.1, 0.15) is 23.1 Å². The number of aliphatic carboxylic acids is 1. The normalized spacial score (nSPS) is 21.1. The molecule has 1 aromatic carbocycles. The van der Waals surface area contributed by atoms with E-state index in [1.807, 2.05) is 0 Å². The van der Waals surface area contributed by atoms with E-state index in [1.54, 1.807) is 11.8 Å². The topological polar surface area (TPSA) is 126 Å². The van der Waals surface area contributed by atoms with Crippen molar-refractivity contribution < 1.29 is 33.0 Å². The molecule has 4 rings (SSSR count). The summed E-state index contributed by atoms with van der Waals surface area (Å²) in [5, 5.41) is 12.8. The summed E-state index contributed by atoms with van der Waals surface area (Å²) < 4.78 is 29.4. The maximum atomic E-state index is 13.8. The van der Waals surface area contributed by atoms with Gasteiger partial charge in [0.05, 0.1) is 25.9 Å². The number of rotatable bonds is 6. The number of aryl methyl sites for hydroxylation is 1. The molecule has 34 heavy (non-hydrogen) atoms. The number of halogens is 2. The van der Waals surface area contributed by atoms with Crippen LogP contribution in [0.5, 0.6) is 0 Å². The number of hydrogen-bond acceptors (Lipinski definition) is 9. The molecule has 10 nitrogen and oxygen atoms in total. The number of carboxylic acid groups (broad SMARTS) is 1. The minimum Gasteiger partial charge on any atom is -0.480 e. The number of oxazole rings is 1. The summed E-state index contributed by atoms with van der Waals surface area (Å²) in [5.74, 6) is -1.51. The van der Waals surface area contributed by atoms with E-state index in [0.717, 1.165) is 6.07 Å². The zero-order chi connectivity index (χ0) is 24.4. The number of amidine groups is 1. The molecular formula is C22H22ClFN4O6. The van der Waals surface area contributed by atoms with Crippen LogP contribution in [-0.2, 0) is 19.1 Å². The second kappa shape index (κ2) is 9.92. The van der Waals surface area contributed by atoms with Crippen molar-refractivity contribution >= 4 is 29.4 Å². The highest BCUT2D eigenvalue weighted by Gasteiger charge is 2.37. The molecule has 3 heterocycles. The molecule has 0 amide bonds. The van der Waals surface area contributed by atoms with Gasteiger partial charge >= 0.3 is 11.9 Å². The summed E-state index contributed by atoms with van der Waals surface area (Å²) in [5.41, 5.74) is 1.26. The monoisotopic (exact) mass is 492 g/mol. The summed E-state index contributed by atoms with van der Waals surface area (Å²) >= 11 is 6.34. The van der Waals surface area contributed by atoms with Gasteiger partial charge in [-0.25, -0.2) is 14.2 Å². The Morgan fingerprint density at radius 3 is 2.85 bits per heavy atom. The number of nitrogens with one attached hydrogen (secondary N) is 1. The van der Waals surface area contributed by atoms with Crippen molar-refractivity contribution in [2.75, 3.05) is 33.4 Å². The molecule has 12 heteroatoms. The van der Waals surface area contributed by atoms with Gasteiger partial charge in [-0.05, 0) is 19.1 Å². The fraction of sp³-hybridized carbons (Fsp3) is 0.364. The molecule has 2 aliphatic rings. The van der Waals surface area contributed by atoms with Crippen molar-refractivity contribution in [1.82, 2.24) is 15.2 Å². The molecular weight excluding hydrogens is 471 g/mol. The number of morpholine rings is 1. The van der Waals surface area contributed by atoms with E-state index in [9.17, 15) is 19.1 Å². The molecule has 0 bridgehead atoms. The number of carbonyl (C=O) groups excluding carboxylic acids is 1. The van der Waals surface area contributed by atoms with Gasteiger partial charge in [0.15, 0.2) is 12.2 Å². The van der Waals surface area contributed by atoms with Gasteiger partial charge in [-0.2, -0.15) is 0 Å². The molecule has 1 aromatic heterocycles. The summed E-state index contributed by atoms with van der Waals surface area (Å²) in [4.78, 5) is 35.3. The van der Waals surface area contributed by atoms with Crippen LogP contribution in [0, 0.1) is 12.7 Å². The third kappa shape index (κ3) is 4.67. The average Bonchev–Trinajstić information content (AvgIpc) is 3.24. The summed E-state index contributed by atoms with van der Waals surface area (Å²) in [6.07, 6.45) is 1.26. The highest BCUT2D eigenvalue weighted by atomic mass is 35.5. The van der Waals surface area contributed by atoms with Gasteiger partial charge < -0.3 is 24.3 Å². The quantitative estimate of drug-likeness (QED) is 0.582. The fourth-order valence-electron chi connectivity index (χ4n) is 3.93. The van der Waals surface area contributed by atoms with Crippen molar-refractivity contribution in [3.05, 3.63) is 63.7 Å². The van der Waals surface area contributed by atoms with E-state index in [2.05, 4.69) is 15.3 Å². The van der Waals surface area contributed by atoms with Gasteiger partial charge in [0, 0.05) is 29.4 Å². The maximum absolute atomic E-state index is 13.8. The van der Waals surface area contributed by atoms with Crippen molar-refractivity contribution in [2.24, 2.45) is 4.99 Å². The predicted molar refractivity (Wildman–Crippen MR) is 118 cm³/mol. The number of carboxylic acids is 1. The smallest absolute Gasteiger partial charge is 0.338 e. The number of carbonyl (C=O) groups is 2. The minimum absolute atomic E-state index is 0.00668. The van der Waals surface area contributed by atoms with Crippen LogP contribution in [0.25, 0.3) is 0 Å². The first-order chi connectivity index (χ1) is 16.3. The molecule has 180 valence electrons. The Morgan fingerprint density at radius 2 is 2.21 bits per heavy atom. The van der Waals surface area contributed by atoms with E-state index in [0.29, 0.717) is 41.7 Å². The number of aromatic nitrogens is 1. The lowest BCUT2D eigenvalue weighted by atomic mass is 9.94. The van der Waals surface area contributed by atoms with E-state index >= 15 is 0 Å². The third-order valence-corrected chi connectivity index (χ3v) is 5.97. The van der Waals surface area contributed by atoms with Crippen LogP contribution >= 0.6 is 11.6 Å². The lowest BCUT2D eigenvalue weighted by Crippen LogP contribution is -2.52. The number of methoxy groups -OCH3 is 1. The first-order valence-electron chi connectivity index (χ1n) is 10.4. The lowest BCUT2D eigenvalue weighted by Gasteiger charge is -2.35. The molecule has 2 N–H and O–H groups in total. The molecule has 0 aliphatic carbocycles. The molecule has 1 saturated heterocycles. The van der Waals surface area contributed by atoms with E-state index in [-0.39, 0.29) is 23.7 Å². The van der Waals surface area contributed by atoms with E-state index in [4.69, 9.17) is 25.5 Å². The number of benzene rings is 1. The highest BCUT2D eigenvalue weighted by molar-refractivity contribution is 6.31. The van der Waals surface area contributed by atoms with Crippen molar-refractivity contribution in [3.8, 4) is 0 Å². The van der Waals surface area contributed by atoms with Gasteiger partial charge in [-0.1, -0.05) is 17.7 Å². The zero-order valence-electron chi connectivity index (χ0n) is 18.4. The van der Waals surface area contributed by atoms with Gasteiger partial charge in [0.2, 0.25) is 0 Å². The molecule has 1 fully saturated rings. The Kier molecular flexibility index (Phi) is 6.96. The standard InChI is InChI=1S/C22H22ClFN4O6/c1-11-18(25-10-34-11)20-26-15(8-28-5-6-33-9-16(28)21(29)30)17(22(31)32-2)19(27-20)13-4-3-12(24)7-14(13)23/h3-4,7,10,16,19H,5-6,8-9H2,1-2H3,(H,26,27)(H,29,30). The van der Waals surface area contributed by atoms with Crippen LogP contribution in [0.15, 0.2) is 45.3 Å². The Morgan fingerprint density at radius 1 is 1.41 bits per heavy atom. The molecule has 0 radical (unpaired) electrons. The molecule has 2 unspecified atom stereocenters. The predicted octanol–water partition coefficient (Wildman–Crippen LogP) is 2.08. The highest BCUT2D eigenvalue weighted by Crippen LogP contribution is 2.37. The number of ether oxygens (including phenoxy) is 2. The average molecular weight is 493 g/mol. The number of aliphatic imine (C=N–C) groups is 1.